The molecule has 0 fully saturated rings. The van der Waals surface area contributed by atoms with E-state index in [1.807, 2.05) is 24.0 Å². The first-order valence-corrected chi connectivity index (χ1v) is 6.08. The summed E-state index contributed by atoms with van der Waals surface area (Å²) >= 11 is 0. The molecule has 0 aliphatic carbocycles. The summed E-state index contributed by atoms with van der Waals surface area (Å²) < 4.78 is 2.04. The highest BCUT2D eigenvalue weighted by atomic mass is 15.2. The number of benzene rings is 1. The van der Waals surface area contributed by atoms with E-state index < -0.39 is 0 Å². The second-order valence-corrected chi connectivity index (χ2v) is 4.63. The molecule has 1 heterocycles. The topological polar surface area (TPSA) is 47.1 Å². The third kappa shape index (κ3) is 2.54. The Bertz CT molecular complexity index is 530. The van der Waals surface area contributed by atoms with Crippen molar-refractivity contribution in [3.8, 4) is 0 Å². The van der Waals surface area contributed by atoms with Gasteiger partial charge in [-0.15, -0.1) is 0 Å². The van der Waals surface area contributed by atoms with E-state index in [-0.39, 0.29) is 0 Å². The molecule has 1 aromatic carbocycles. The van der Waals surface area contributed by atoms with Crippen LogP contribution in [0.25, 0.3) is 0 Å². The predicted octanol–water partition coefficient (Wildman–Crippen LogP) is 1.82. The fourth-order valence-electron chi connectivity index (χ4n) is 2.00. The summed E-state index contributed by atoms with van der Waals surface area (Å²) in [6.45, 7) is 3.49. The van der Waals surface area contributed by atoms with E-state index in [1.54, 1.807) is 0 Å². The third-order valence-corrected chi connectivity index (χ3v) is 3.29. The normalized spacial score (nSPS) is 10.7. The van der Waals surface area contributed by atoms with Gasteiger partial charge >= 0.3 is 0 Å². The van der Waals surface area contributed by atoms with Crippen LogP contribution in [0.2, 0.25) is 0 Å². The standard InChI is InChI=1S/C14H20N4/c1-11-8-13(5-4-12(11)9-15)18(3)10-14-16-6-7-17(14)2/h4-8H,9-10,15H2,1-3H3. The van der Waals surface area contributed by atoms with Crippen LogP contribution in [0.3, 0.4) is 0 Å². The molecule has 0 saturated heterocycles. The van der Waals surface area contributed by atoms with Gasteiger partial charge in [0, 0.05) is 38.7 Å². The molecule has 96 valence electrons. The molecule has 0 amide bonds. The summed E-state index contributed by atoms with van der Waals surface area (Å²) in [6, 6.07) is 6.38. The quantitative estimate of drug-likeness (QED) is 0.892. The molecule has 0 aliphatic rings. The van der Waals surface area contributed by atoms with Gasteiger partial charge in [0.2, 0.25) is 0 Å². The highest BCUT2D eigenvalue weighted by Crippen LogP contribution is 2.19. The first-order valence-electron chi connectivity index (χ1n) is 6.08. The van der Waals surface area contributed by atoms with Crippen molar-refractivity contribution in [3.63, 3.8) is 0 Å². The zero-order valence-electron chi connectivity index (χ0n) is 11.2. The number of imidazole rings is 1. The van der Waals surface area contributed by atoms with Gasteiger partial charge in [0.25, 0.3) is 0 Å². The first-order chi connectivity index (χ1) is 8.61. The molecule has 4 heteroatoms. The molecule has 4 nitrogen and oxygen atoms in total. The SMILES string of the molecule is Cc1cc(N(C)Cc2nccn2C)ccc1CN. The van der Waals surface area contributed by atoms with Gasteiger partial charge in [-0.05, 0) is 30.2 Å². The third-order valence-electron chi connectivity index (χ3n) is 3.29. The molecule has 0 aliphatic heterocycles. The van der Waals surface area contributed by atoms with E-state index in [4.69, 9.17) is 5.73 Å². The van der Waals surface area contributed by atoms with Crippen LogP contribution in [0.5, 0.6) is 0 Å². The van der Waals surface area contributed by atoms with E-state index >= 15 is 0 Å². The van der Waals surface area contributed by atoms with Crippen LogP contribution in [0.4, 0.5) is 5.69 Å². The molecule has 18 heavy (non-hydrogen) atoms. The molecular weight excluding hydrogens is 224 g/mol. The Morgan fingerprint density at radius 1 is 1.39 bits per heavy atom. The predicted molar refractivity (Wildman–Crippen MR) is 74.4 cm³/mol. The highest BCUT2D eigenvalue weighted by molar-refractivity contribution is 5.50. The van der Waals surface area contributed by atoms with Crippen molar-refractivity contribution < 1.29 is 0 Å². The van der Waals surface area contributed by atoms with Crippen molar-refractivity contribution in [1.29, 1.82) is 0 Å². The molecule has 0 bridgehead atoms. The summed E-state index contributed by atoms with van der Waals surface area (Å²) in [5.41, 5.74) is 9.30. The van der Waals surface area contributed by atoms with Gasteiger partial charge in [0.15, 0.2) is 0 Å². The summed E-state index contributed by atoms with van der Waals surface area (Å²) in [6.07, 6.45) is 3.79. The lowest BCUT2D eigenvalue weighted by Gasteiger charge is -2.20. The van der Waals surface area contributed by atoms with Crippen molar-refractivity contribution in [2.75, 3.05) is 11.9 Å². The molecule has 0 atom stereocenters. The van der Waals surface area contributed by atoms with Crippen LogP contribution in [-0.2, 0) is 20.1 Å². The summed E-state index contributed by atoms with van der Waals surface area (Å²) in [4.78, 5) is 6.53. The summed E-state index contributed by atoms with van der Waals surface area (Å²) in [5, 5.41) is 0. The van der Waals surface area contributed by atoms with E-state index in [9.17, 15) is 0 Å². The minimum atomic E-state index is 0.592. The Balaban J connectivity index is 2.16. The maximum atomic E-state index is 5.68. The minimum Gasteiger partial charge on any atom is -0.367 e. The largest absolute Gasteiger partial charge is 0.367 e. The molecule has 2 aromatic rings. The van der Waals surface area contributed by atoms with E-state index in [2.05, 4.69) is 42.1 Å². The molecule has 1 aromatic heterocycles. The van der Waals surface area contributed by atoms with Crippen LogP contribution in [0.1, 0.15) is 17.0 Å². The van der Waals surface area contributed by atoms with Gasteiger partial charge in [-0.25, -0.2) is 4.98 Å². The second kappa shape index (κ2) is 5.23. The minimum absolute atomic E-state index is 0.592. The number of nitrogens with zero attached hydrogens (tertiary/aromatic N) is 3. The number of rotatable bonds is 4. The Labute approximate surface area is 108 Å². The zero-order chi connectivity index (χ0) is 13.1. The smallest absolute Gasteiger partial charge is 0.127 e. The van der Waals surface area contributed by atoms with Gasteiger partial charge in [-0.3, -0.25) is 0 Å². The summed E-state index contributed by atoms with van der Waals surface area (Å²) in [5.74, 6) is 1.05. The molecule has 0 spiro atoms. The van der Waals surface area contributed by atoms with E-state index in [0.717, 1.165) is 12.4 Å². The van der Waals surface area contributed by atoms with Crippen LogP contribution < -0.4 is 10.6 Å². The molecule has 0 saturated carbocycles. The lowest BCUT2D eigenvalue weighted by atomic mass is 10.1. The molecule has 0 unspecified atom stereocenters. The number of hydrogen-bond acceptors (Lipinski definition) is 3. The average Bonchev–Trinajstić information content (AvgIpc) is 2.75. The van der Waals surface area contributed by atoms with Crippen LogP contribution in [-0.4, -0.2) is 16.6 Å². The van der Waals surface area contributed by atoms with Crippen LogP contribution in [0, 0.1) is 6.92 Å². The molecule has 0 radical (unpaired) electrons. The fraction of sp³-hybridized carbons (Fsp3) is 0.357. The maximum Gasteiger partial charge on any atom is 0.127 e. The lowest BCUT2D eigenvalue weighted by Crippen LogP contribution is -2.19. The fourth-order valence-corrected chi connectivity index (χ4v) is 2.00. The first kappa shape index (κ1) is 12.6. The number of nitrogens with two attached hydrogens (primary N) is 1. The number of aryl methyl sites for hydroxylation is 2. The summed E-state index contributed by atoms with van der Waals surface area (Å²) in [7, 11) is 4.09. The lowest BCUT2D eigenvalue weighted by molar-refractivity contribution is 0.761. The van der Waals surface area contributed by atoms with Gasteiger partial charge in [-0.1, -0.05) is 6.07 Å². The number of hydrogen-bond donors (Lipinski definition) is 1. The molecule has 2 N–H and O–H groups in total. The van der Waals surface area contributed by atoms with Crippen molar-refractivity contribution in [3.05, 3.63) is 47.5 Å². The molecule has 2 rings (SSSR count). The number of aromatic nitrogens is 2. The van der Waals surface area contributed by atoms with Crippen molar-refractivity contribution >= 4 is 5.69 Å². The highest BCUT2D eigenvalue weighted by Gasteiger charge is 2.07. The Kier molecular flexibility index (Phi) is 3.67. The Morgan fingerprint density at radius 3 is 2.72 bits per heavy atom. The van der Waals surface area contributed by atoms with Crippen LogP contribution >= 0.6 is 0 Å². The van der Waals surface area contributed by atoms with Crippen molar-refractivity contribution in [2.45, 2.75) is 20.0 Å². The van der Waals surface area contributed by atoms with Gasteiger partial charge in [-0.2, -0.15) is 0 Å². The molecular formula is C14H20N4. The average molecular weight is 244 g/mol. The zero-order valence-corrected chi connectivity index (χ0v) is 11.2. The Morgan fingerprint density at radius 2 is 2.17 bits per heavy atom. The van der Waals surface area contributed by atoms with E-state index in [1.165, 1.54) is 16.8 Å². The van der Waals surface area contributed by atoms with Gasteiger partial charge in [0.1, 0.15) is 5.82 Å². The van der Waals surface area contributed by atoms with Crippen LogP contribution in [0.15, 0.2) is 30.6 Å². The monoisotopic (exact) mass is 244 g/mol. The number of anilines is 1. The second-order valence-electron chi connectivity index (χ2n) is 4.63. The van der Waals surface area contributed by atoms with Crippen molar-refractivity contribution in [2.24, 2.45) is 12.8 Å². The maximum absolute atomic E-state index is 5.68. The van der Waals surface area contributed by atoms with E-state index in [0.29, 0.717) is 6.54 Å². The van der Waals surface area contributed by atoms with Gasteiger partial charge < -0.3 is 15.2 Å². The van der Waals surface area contributed by atoms with Gasteiger partial charge in [0.05, 0.1) is 6.54 Å². The Hall–Kier alpha value is -1.81. The van der Waals surface area contributed by atoms with Crippen molar-refractivity contribution in [1.82, 2.24) is 9.55 Å².